The highest BCUT2D eigenvalue weighted by Crippen LogP contribution is 2.13. The Morgan fingerprint density at radius 1 is 1.50 bits per heavy atom. The van der Waals surface area contributed by atoms with Gasteiger partial charge in [0.2, 0.25) is 0 Å². The van der Waals surface area contributed by atoms with Crippen LogP contribution < -0.4 is 11.5 Å². The van der Waals surface area contributed by atoms with Gasteiger partial charge in [-0.25, -0.2) is 0 Å². The Hall–Kier alpha value is -0.410. The highest BCUT2D eigenvalue weighted by molar-refractivity contribution is 5.89. The van der Waals surface area contributed by atoms with Gasteiger partial charge in [0.05, 0.1) is 6.67 Å². The molecule has 4 N–H and O–H groups in total. The molecule has 58 valence electrons. The van der Waals surface area contributed by atoms with Crippen LogP contribution in [0.3, 0.4) is 0 Å². The summed E-state index contributed by atoms with van der Waals surface area (Å²) in [6, 6.07) is 0.192. The van der Waals surface area contributed by atoms with E-state index in [-0.39, 0.29) is 6.04 Å². The fourth-order valence-electron chi connectivity index (χ4n) is 1.34. The zero-order valence-electron chi connectivity index (χ0n) is 6.21. The van der Waals surface area contributed by atoms with E-state index in [0.717, 1.165) is 18.6 Å². The predicted molar refractivity (Wildman–Crippen MR) is 42.9 cm³/mol. The van der Waals surface area contributed by atoms with Crippen LogP contribution in [-0.4, -0.2) is 18.4 Å². The molecule has 0 radical (unpaired) electrons. The number of aliphatic imine (C=N–C) groups is 1. The van der Waals surface area contributed by atoms with Gasteiger partial charge in [0.1, 0.15) is 0 Å². The van der Waals surface area contributed by atoms with Crippen LogP contribution >= 0.6 is 0 Å². The van der Waals surface area contributed by atoms with Gasteiger partial charge in [-0.2, -0.15) is 0 Å². The third kappa shape index (κ3) is 1.78. The van der Waals surface area contributed by atoms with Gasteiger partial charge in [0.25, 0.3) is 0 Å². The smallest absolute Gasteiger partial charge is 0.0859 e. The van der Waals surface area contributed by atoms with E-state index in [1.165, 1.54) is 12.8 Å². The molecule has 3 heteroatoms. The molecular weight excluding hydrogens is 126 g/mol. The fourth-order valence-corrected chi connectivity index (χ4v) is 1.34. The molecule has 3 nitrogen and oxygen atoms in total. The van der Waals surface area contributed by atoms with Gasteiger partial charge in [0, 0.05) is 11.8 Å². The van der Waals surface area contributed by atoms with Crippen LogP contribution in [-0.2, 0) is 0 Å². The standard InChI is InChI=1S/C7H15N3/c8-5-10-7-4-2-1-3-6(7)9/h6H,1-5,8-9H2. The van der Waals surface area contributed by atoms with E-state index in [4.69, 9.17) is 11.5 Å². The Morgan fingerprint density at radius 2 is 2.30 bits per heavy atom. The van der Waals surface area contributed by atoms with E-state index in [9.17, 15) is 0 Å². The Balaban J connectivity index is 2.47. The molecule has 0 bridgehead atoms. The van der Waals surface area contributed by atoms with Crippen molar-refractivity contribution in [3.63, 3.8) is 0 Å². The molecule has 0 saturated heterocycles. The van der Waals surface area contributed by atoms with Crippen molar-refractivity contribution >= 4 is 5.71 Å². The summed E-state index contributed by atoms with van der Waals surface area (Å²) < 4.78 is 0. The average molecular weight is 141 g/mol. The van der Waals surface area contributed by atoms with Gasteiger partial charge in [-0.1, -0.05) is 6.42 Å². The molecule has 0 aliphatic heterocycles. The topological polar surface area (TPSA) is 64.4 Å². The first-order valence-electron chi connectivity index (χ1n) is 3.83. The Morgan fingerprint density at radius 3 is 2.90 bits per heavy atom. The lowest BCUT2D eigenvalue weighted by molar-refractivity contribution is 0.604. The second kappa shape index (κ2) is 3.68. The van der Waals surface area contributed by atoms with E-state index < -0.39 is 0 Å². The molecule has 1 atom stereocenters. The zero-order valence-corrected chi connectivity index (χ0v) is 6.21. The number of rotatable bonds is 1. The summed E-state index contributed by atoms with van der Waals surface area (Å²) in [4.78, 5) is 4.13. The van der Waals surface area contributed by atoms with E-state index >= 15 is 0 Å². The third-order valence-corrected chi connectivity index (χ3v) is 1.92. The quantitative estimate of drug-likeness (QED) is 0.549. The Bertz CT molecular complexity index is 131. The van der Waals surface area contributed by atoms with E-state index in [2.05, 4.69) is 4.99 Å². The maximum Gasteiger partial charge on any atom is 0.0859 e. The molecule has 10 heavy (non-hydrogen) atoms. The second-order valence-electron chi connectivity index (χ2n) is 2.68. The van der Waals surface area contributed by atoms with Gasteiger partial charge in [-0.15, -0.1) is 0 Å². The molecular formula is C7H15N3. The van der Waals surface area contributed by atoms with Crippen molar-refractivity contribution in [3.8, 4) is 0 Å². The maximum atomic E-state index is 5.78. The monoisotopic (exact) mass is 141 g/mol. The molecule has 1 saturated carbocycles. The Kier molecular flexibility index (Phi) is 2.83. The van der Waals surface area contributed by atoms with Crippen molar-refractivity contribution < 1.29 is 0 Å². The summed E-state index contributed by atoms with van der Waals surface area (Å²) >= 11 is 0. The lowest BCUT2D eigenvalue weighted by Gasteiger charge is -2.19. The normalized spacial score (nSPS) is 31.0. The van der Waals surface area contributed by atoms with Crippen LogP contribution in [0, 0.1) is 0 Å². The summed E-state index contributed by atoms with van der Waals surface area (Å²) in [5.41, 5.74) is 12.2. The van der Waals surface area contributed by atoms with E-state index in [1.807, 2.05) is 0 Å². The molecule has 1 fully saturated rings. The second-order valence-corrected chi connectivity index (χ2v) is 2.68. The summed E-state index contributed by atoms with van der Waals surface area (Å²) in [7, 11) is 0. The largest absolute Gasteiger partial charge is 0.323 e. The molecule has 0 spiro atoms. The number of hydrogen-bond acceptors (Lipinski definition) is 3. The molecule has 1 rings (SSSR count). The summed E-state index contributed by atoms with van der Waals surface area (Å²) in [5.74, 6) is 0. The van der Waals surface area contributed by atoms with Gasteiger partial charge in [0.15, 0.2) is 0 Å². The number of nitrogens with two attached hydrogens (primary N) is 2. The number of nitrogens with zero attached hydrogens (tertiary/aromatic N) is 1. The SMILES string of the molecule is NCN=C1CCCCC1N. The van der Waals surface area contributed by atoms with Crippen molar-refractivity contribution in [2.24, 2.45) is 16.5 Å². The minimum Gasteiger partial charge on any atom is -0.323 e. The van der Waals surface area contributed by atoms with Gasteiger partial charge < -0.3 is 11.5 Å². The van der Waals surface area contributed by atoms with Crippen LogP contribution in [0.5, 0.6) is 0 Å². The first-order valence-corrected chi connectivity index (χ1v) is 3.83. The number of hydrogen-bond donors (Lipinski definition) is 2. The first-order chi connectivity index (χ1) is 4.84. The predicted octanol–water partition coefficient (Wildman–Crippen LogP) is 0.245. The highest BCUT2D eigenvalue weighted by Gasteiger charge is 2.14. The third-order valence-electron chi connectivity index (χ3n) is 1.92. The average Bonchev–Trinajstić information content (AvgIpc) is 1.94. The molecule has 0 aromatic carbocycles. The van der Waals surface area contributed by atoms with Gasteiger partial charge >= 0.3 is 0 Å². The highest BCUT2D eigenvalue weighted by atomic mass is 14.9. The molecule has 0 amide bonds. The fraction of sp³-hybridized carbons (Fsp3) is 0.857. The molecule has 0 heterocycles. The molecule has 1 unspecified atom stereocenters. The van der Waals surface area contributed by atoms with E-state index in [0.29, 0.717) is 6.67 Å². The lowest BCUT2D eigenvalue weighted by atomic mass is 9.94. The van der Waals surface area contributed by atoms with Gasteiger partial charge in [-0.05, 0) is 19.3 Å². The van der Waals surface area contributed by atoms with Crippen LogP contribution in [0.4, 0.5) is 0 Å². The van der Waals surface area contributed by atoms with Crippen LogP contribution in [0.1, 0.15) is 25.7 Å². The maximum absolute atomic E-state index is 5.78. The van der Waals surface area contributed by atoms with Crippen LogP contribution in [0.25, 0.3) is 0 Å². The van der Waals surface area contributed by atoms with Crippen LogP contribution in [0.15, 0.2) is 4.99 Å². The van der Waals surface area contributed by atoms with Crippen molar-refractivity contribution in [1.82, 2.24) is 0 Å². The Labute approximate surface area is 61.5 Å². The summed E-state index contributed by atoms with van der Waals surface area (Å²) in [5, 5.41) is 0. The molecule has 1 aliphatic rings. The molecule has 1 aliphatic carbocycles. The molecule has 0 aromatic rings. The van der Waals surface area contributed by atoms with E-state index in [1.54, 1.807) is 0 Å². The van der Waals surface area contributed by atoms with Crippen molar-refractivity contribution in [2.75, 3.05) is 6.67 Å². The first kappa shape index (κ1) is 7.69. The lowest BCUT2D eigenvalue weighted by Crippen LogP contribution is -2.33. The summed E-state index contributed by atoms with van der Waals surface area (Å²) in [6.45, 7) is 0.392. The van der Waals surface area contributed by atoms with Crippen molar-refractivity contribution in [2.45, 2.75) is 31.7 Å². The van der Waals surface area contributed by atoms with Crippen molar-refractivity contribution in [3.05, 3.63) is 0 Å². The minimum absolute atomic E-state index is 0.192. The van der Waals surface area contributed by atoms with Gasteiger partial charge in [-0.3, -0.25) is 4.99 Å². The summed E-state index contributed by atoms with van der Waals surface area (Å²) in [6.07, 6.45) is 4.61. The van der Waals surface area contributed by atoms with Crippen LogP contribution in [0.2, 0.25) is 0 Å². The molecule has 0 aromatic heterocycles. The van der Waals surface area contributed by atoms with Crippen molar-refractivity contribution in [1.29, 1.82) is 0 Å². The zero-order chi connectivity index (χ0) is 7.40. The minimum atomic E-state index is 0.192.